The highest BCUT2D eigenvalue weighted by molar-refractivity contribution is 5.79. The molecular weight excluding hydrogens is 174 g/mol. The molecule has 0 aliphatic heterocycles. The normalized spacial score (nSPS) is 13.3. The van der Waals surface area contributed by atoms with E-state index < -0.39 is 0 Å². The summed E-state index contributed by atoms with van der Waals surface area (Å²) in [4.78, 5) is 11.3. The Morgan fingerprint density at radius 3 is 2.29 bits per heavy atom. The molecule has 0 bridgehead atoms. The molecule has 0 saturated heterocycles. The van der Waals surface area contributed by atoms with Gasteiger partial charge in [0.05, 0.1) is 0 Å². The van der Waals surface area contributed by atoms with Gasteiger partial charge in [0.15, 0.2) is 0 Å². The molecule has 1 N–H and O–H groups in total. The van der Waals surface area contributed by atoms with Gasteiger partial charge < -0.3 is 5.32 Å². The number of carbonyl (C=O) groups excluding carboxylic acids is 1. The SMILES string of the molecule is CC/C(C)=C\C=C(/C)NC(=O)C(C)C. The van der Waals surface area contributed by atoms with Gasteiger partial charge in [0, 0.05) is 11.6 Å². The number of carbonyl (C=O) groups is 1. The lowest BCUT2D eigenvalue weighted by Gasteiger charge is -2.06. The van der Waals surface area contributed by atoms with Gasteiger partial charge in [-0.1, -0.05) is 32.4 Å². The van der Waals surface area contributed by atoms with E-state index in [0.29, 0.717) is 0 Å². The second-order valence-corrected chi connectivity index (χ2v) is 3.86. The zero-order chi connectivity index (χ0) is 11.1. The van der Waals surface area contributed by atoms with Gasteiger partial charge in [-0.2, -0.15) is 0 Å². The lowest BCUT2D eigenvalue weighted by Crippen LogP contribution is -2.25. The van der Waals surface area contributed by atoms with Crippen molar-refractivity contribution >= 4 is 5.91 Å². The molecule has 0 aromatic rings. The van der Waals surface area contributed by atoms with Crippen LogP contribution < -0.4 is 5.32 Å². The summed E-state index contributed by atoms with van der Waals surface area (Å²) in [7, 11) is 0. The zero-order valence-electron chi connectivity index (χ0n) is 9.85. The molecular formula is C12H21NO. The highest BCUT2D eigenvalue weighted by atomic mass is 16.1. The van der Waals surface area contributed by atoms with Gasteiger partial charge in [0.2, 0.25) is 5.91 Å². The Kier molecular flexibility index (Phi) is 5.93. The van der Waals surface area contributed by atoms with Gasteiger partial charge in [-0.25, -0.2) is 0 Å². The van der Waals surface area contributed by atoms with E-state index in [4.69, 9.17) is 0 Å². The summed E-state index contributed by atoms with van der Waals surface area (Å²) < 4.78 is 0. The lowest BCUT2D eigenvalue weighted by molar-refractivity contribution is -0.123. The van der Waals surface area contributed by atoms with Gasteiger partial charge >= 0.3 is 0 Å². The van der Waals surface area contributed by atoms with Crippen LogP contribution in [-0.4, -0.2) is 5.91 Å². The first-order valence-corrected chi connectivity index (χ1v) is 5.12. The number of nitrogens with one attached hydrogen (secondary N) is 1. The van der Waals surface area contributed by atoms with Crippen molar-refractivity contribution < 1.29 is 4.79 Å². The number of amides is 1. The Labute approximate surface area is 87.1 Å². The molecule has 0 spiro atoms. The fourth-order valence-electron chi connectivity index (χ4n) is 0.765. The molecule has 1 amide bonds. The van der Waals surface area contributed by atoms with Crippen LogP contribution in [0.1, 0.15) is 41.0 Å². The van der Waals surface area contributed by atoms with Crippen LogP contribution >= 0.6 is 0 Å². The van der Waals surface area contributed by atoms with E-state index in [1.165, 1.54) is 5.57 Å². The minimum absolute atomic E-state index is 0.0367. The summed E-state index contributed by atoms with van der Waals surface area (Å²) in [6, 6.07) is 0. The predicted molar refractivity (Wildman–Crippen MR) is 60.8 cm³/mol. The van der Waals surface area contributed by atoms with Crippen LogP contribution in [0.2, 0.25) is 0 Å². The molecule has 0 aliphatic rings. The van der Waals surface area contributed by atoms with E-state index in [9.17, 15) is 4.79 Å². The van der Waals surface area contributed by atoms with Crippen LogP contribution in [0.3, 0.4) is 0 Å². The average molecular weight is 195 g/mol. The Morgan fingerprint density at radius 1 is 1.29 bits per heavy atom. The van der Waals surface area contributed by atoms with Crippen LogP contribution in [0, 0.1) is 5.92 Å². The van der Waals surface area contributed by atoms with Crippen molar-refractivity contribution in [2.75, 3.05) is 0 Å². The minimum atomic E-state index is 0.0367. The molecule has 2 nitrogen and oxygen atoms in total. The van der Waals surface area contributed by atoms with Crippen molar-refractivity contribution in [1.82, 2.24) is 5.32 Å². The summed E-state index contributed by atoms with van der Waals surface area (Å²) in [5.41, 5.74) is 2.21. The maximum Gasteiger partial charge on any atom is 0.226 e. The molecule has 14 heavy (non-hydrogen) atoms. The maximum absolute atomic E-state index is 11.3. The summed E-state index contributed by atoms with van der Waals surface area (Å²) in [5, 5.41) is 2.84. The maximum atomic E-state index is 11.3. The standard InChI is InChI=1S/C12H21NO/c1-6-10(4)7-8-11(5)13-12(14)9(2)3/h7-9H,6H2,1-5H3,(H,13,14)/b10-7-,11-8+. The Morgan fingerprint density at radius 2 is 1.86 bits per heavy atom. The largest absolute Gasteiger partial charge is 0.330 e. The number of hydrogen-bond donors (Lipinski definition) is 1. The fourth-order valence-corrected chi connectivity index (χ4v) is 0.765. The first-order valence-electron chi connectivity index (χ1n) is 5.12. The van der Waals surface area contributed by atoms with Crippen molar-refractivity contribution in [2.24, 2.45) is 5.92 Å². The second-order valence-electron chi connectivity index (χ2n) is 3.86. The van der Waals surface area contributed by atoms with E-state index in [0.717, 1.165) is 12.1 Å². The van der Waals surface area contributed by atoms with E-state index in [-0.39, 0.29) is 11.8 Å². The third-order valence-electron chi connectivity index (χ3n) is 2.02. The smallest absolute Gasteiger partial charge is 0.226 e. The third-order valence-corrected chi connectivity index (χ3v) is 2.02. The Bertz CT molecular complexity index is 249. The summed E-state index contributed by atoms with van der Waals surface area (Å²) in [6.45, 7) is 9.86. The highest BCUT2D eigenvalue weighted by Crippen LogP contribution is 2.00. The first kappa shape index (κ1) is 12.9. The van der Waals surface area contributed by atoms with E-state index in [2.05, 4.69) is 19.2 Å². The molecule has 0 heterocycles. The number of allylic oxidation sites excluding steroid dienone is 4. The minimum Gasteiger partial charge on any atom is -0.330 e. The topological polar surface area (TPSA) is 29.1 Å². The fraction of sp³-hybridized carbons (Fsp3) is 0.583. The van der Waals surface area contributed by atoms with Crippen molar-refractivity contribution in [3.05, 3.63) is 23.4 Å². The van der Waals surface area contributed by atoms with Crippen LogP contribution in [0.15, 0.2) is 23.4 Å². The molecule has 0 aliphatic carbocycles. The molecule has 80 valence electrons. The zero-order valence-corrected chi connectivity index (χ0v) is 9.85. The van der Waals surface area contributed by atoms with Gasteiger partial charge in [-0.05, 0) is 26.3 Å². The first-order chi connectivity index (χ1) is 6.47. The Balaban J connectivity index is 4.21. The highest BCUT2D eigenvalue weighted by Gasteiger charge is 2.05. The summed E-state index contributed by atoms with van der Waals surface area (Å²) in [5.74, 6) is 0.107. The summed E-state index contributed by atoms with van der Waals surface area (Å²) >= 11 is 0. The quantitative estimate of drug-likeness (QED) is 0.686. The molecule has 0 saturated carbocycles. The average Bonchev–Trinajstić information content (AvgIpc) is 2.13. The van der Waals surface area contributed by atoms with Crippen LogP contribution in [0.25, 0.3) is 0 Å². The van der Waals surface area contributed by atoms with Gasteiger partial charge in [-0.15, -0.1) is 0 Å². The van der Waals surface area contributed by atoms with Gasteiger partial charge in [0.25, 0.3) is 0 Å². The van der Waals surface area contributed by atoms with Crippen LogP contribution in [-0.2, 0) is 4.79 Å². The van der Waals surface area contributed by atoms with E-state index in [1.54, 1.807) is 0 Å². The van der Waals surface area contributed by atoms with Crippen molar-refractivity contribution in [3.63, 3.8) is 0 Å². The monoisotopic (exact) mass is 195 g/mol. The molecule has 0 fully saturated rings. The number of hydrogen-bond acceptors (Lipinski definition) is 1. The van der Waals surface area contributed by atoms with Crippen molar-refractivity contribution in [3.8, 4) is 0 Å². The second kappa shape index (κ2) is 6.41. The summed E-state index contributed by atoms with van der Waals surface area (Å²) in [6.07, 6.45) is 5.02. The molecule has 0 unspecified atom stereocenters. The lowest BCUT2D eigenvalue weighted by atomic mass is 10.2. The molecule has 0 radical (unpaired) electrons. The predicted octanol–water partition coefficient (Wildman–Crippen LogP) is 3.02. The van der Waals surface area contributed by atoms with E-state index in [1.807, 2.05) is 32.9 Å². The third kappa shape index (κ3) is 5.57. The van der Waals surface area contributed by atoms with Gasteiger partial charge in [-0.3, -0.25) is 4.79 Å². The molecule has 0 aromatic carbocycles. The van der Waals surface area contributed by atoms with Gasteiger partial charge in [0.1, 0.15) is 0 Å². The molecule has 0 atom stereocenters. The molecule has 0 aromatic heterocycles. The molecule has 2 heteroatoms. The van der Waals surface area contributed by atoms with E-state index >= 15 is 0 Å². The Hall–Kier alpha value is -1.05. The molecule has 0 rings (SSSR count). The van der Waals surface area contributed by atoms with Crippen molar-refractivity contribution in [1.29, 1.82) is 0 Å². The number of rotatable bonds is 4. The van der Waals surface area contributed by atoms with Crippen LogP contribution in [0.4, 0.5) is 0 Å². The van der Waals surface area contributed by atoms with Crippen molar-refractivity contribution in [2.45, 2.75) is 41.0 Å². The van der Waals surface area contributed by atoms with Crippen LogP contribution in [0.5, 0.6) is 0 Å².